The third-order valence-corrected chi connectivity index (χ3v) is 5.07. The van der Waals surface area contributed by atoms with Crippen LogP contribution >= 0.6 is 11.8 Å². The van der Waals surface area contributed by atoms with Gasteiger partial charge in [0, 0.05) is 22.5 Å². The molecule has 2 saturated carbocycles. The normalized spacial score (nSPS) is 18.4. The molecule has 0 radical (unpaired) electrons. The number of rotatable bonds is 4. The Balaban J connectivity index is 1.70. The van der Waals surface area contributed by atoms with Crippen LogP contribution in [0.25, 0.3) is 0 Å². The Labute approximate surface area is 122 Å². The van der Waals surface area contributed by atoms with Crippen molar-refractivity contribution in [3.05, 3.63) is 29.6 Å². The van der Waals surface area contributed by atoms with Crippen LogP contribution in [0.5, 0.6) is 0 Å². The predicted molar refractivity (Wildman–Crippen MR) is 80.0 cm³/mol. The van der Waals surface area contributed by atoms with Crippen molar-refractivity contribution in [2.75, 3.05) is 5.73 Å². The van der Waals surface area contributed by atoms with Crippen molar-refractivity contribution in [1.29, 1.82) is 0 Å². The molecular formula is C15H18N4S. The maximum atomic E-state index is 6.17. The van der Waals surface area contributed by atoms with Crippen molar-refractivity contribution in [1.82, 2.24) is 14.8 Å². The van der Waals surface area contributed by atoms with E-state index in [1.54, 1.807) is 11.8 Å². The molecule has 104 valence electrons. The second-order valence-electron chi connectivity index (χ2n) is 5.81. The van der Waals surface area contributed by atoms with Gasteiger partial charge in [-0.2, -0.15) is 0 Å². The number of aromatic nitrogens is 3. The van der Waals surface area contributed by atoms with Crippen LogP contribution in [0.4, 0.5) is 5.69 Å². The van der Waals surface area contributed by atoms with Gasteiger partial charge in [0.2, 0.25) is 0 Å². The Morgan fingerprint density at radius 3 is 2.70 bits per heavy atom. The largest absolute Gasteiger partial charge is 0.398 e. The van der Waals surface area contributed by atoms with Crippen molar-refractivity contribution in [2.45, 2.75) is 54.6 Å². The highest BCUT2D eigenvalue weighted by Crippen LogP contribution is 2.47. The predicted octanol–water partition coefficient (Wildman–Crippen LogP) is 3.53. The average Bonchev–Trinajstić information content (AvgIpc) is 3.34. The van der Waals surface area contributed by atoms with Gasteiger partial charge in [-0.05, 0) is 56.0 Å². The summed E-state index contributed by atoms with van der Waals surface area (Å²) in [6.45, 7) is 2.04. The Kier molecular flexibility index (Phi) is 2.77. The molecule has 1 heterocycles. The highest BCUT2D eigenvalue weighted by atomic mass is 32.2. The number of anilines is 1. The lowest BCUT2D eigenvalue weighted by Crippen LogP contribution is -2.02. The smallest absolute Gasteiger partial charge is 0.196 e. The molecule has 4 nitrogen and oxygen atoms in total. The molecule has 1 aromatic carbocycles. The standard InChI is InChI=1S/C15H18N4S/c1-9-3-2-4-12(13(9)16)20-15-18-17-14(10-5-6-10)19(15)11-7-8-11/h2-4,10-11H,5-8,16H2,1H3. The molecule has 2 aliphatic carbocycles. The first kappa shape index (κ1) is 12.3. The average molecular weight is 286 g/mol. The number of nitrogen functional groups attached to an aromatic ring is 1. The lowest BCUT2D eigenvalue weighted by molar-refractivity contribution is 0.627. The summed E-state index contributed by atoms with van der Waals surface area (Å²) < 4.78 is 2.37. The number of aryl methyl sites for hydroxylation is 1. The van der Waals surface area contributed by atoms with Crippen LogP contribution in [0, 0.1) is 6.92 Å². The van der Waals surface area contributed by atoms with E-state index in [0.29, 0.717) is 12.0 Å². The Bertz CT molecular complexity index is 656. The first-order valence-corrected chi connectivity index (χ1v) is 8.03. The van der Waals surface area contributed by atoms with Crippen LogP contribution in [-0.4, -0.2) is 14.8 Å². The minimum Gasteiger partial charge on any atom is -0.398 e. The molecule has 0 spiro atoms. The summed E-state index contributed by atoms with van der Waals surface area (Å²) in [6.07, 6.45) is 5.05. The molecule has 2 aromatic rings. The number of nitrogens with two attached hydrogens (primary N) is 1. The summed E-state index contributed by atoms with van der Waals surface area (Å²) in [5, 5.41) is 9.87. The molecule has 0 atom stereocenters. The minimum absolute atomic E-state index is 0.620. The highest BCUT2D eigenvalue weighted by Gasteiger charge is 2.36. The third-order valence-electron chi connectivity index (χ3n) is 4.03. The van der Waals surface area contributed by atoms with E-state index in [2.05, 4.69) is 20.8 Å². The fraction of sp³-hybridized carbons (Fsp3) is 0.467. The van der Waals surface area contributed by atoms with E-state index in [1.807, 2.05) is 19.1 Å². The highest BCUT2D eigenvalue weighted by molar-refractivity contribution is 7.99. The summed E-state index contributed by atoms with van der Waals surface area (Å²) in [7, 11) is 0. The molecule has 2 aliphatic rings. The van der Waals surface area contributed by atoms with Gasteiger partial charge in [-0.25, -0.2) is 0 Å². The third kappa shape index (κ3) is 2.10. The van der Waals surface area contributed by atoms with E-state index in [-0.39, 0.29) is 0 Å². The number of hydrogen-bond donors (Lipinski definition) is 1. The lowest BCUT2D eigenvalue weighted by Gasteiger charge is -2.10. The zero-order chi connectivity index (χ0) is 13.7. The van der Waals surface area contributed by atoms with Crippen molar-refractivity contribution < 1.29 is 0 Å². The summed E-state index contributed by atoms with van der Waals surface area (Å²) in [4.78, 5) is 1.08. The van der Waals surface area contributed by atoms with Gasteiger partial charge in [-0.3, -0.25) is 0 Å². The van der Waals surface area contributed by atoms with E-state index in [4.69, 9.17) is 5.73 Å². The van der Waals surface area contributed by atoms with E-state index in [9.17, 15) is 0 Å². The van der Waals surface area contributed by atoms with Gasteiger partial charge >= 0.3 is 0 Å². The summed E-state index contributed by atoms with van der Waals surface area (Å²) >= 11 is 1.65. The molecule has 0 bridgehead atoms. The van der Waals surface area contributed by atoms with Crippen LogP contribution in [0.3, 0.4) is 0 Å². The molecule has 2 N–H and O–H groups in total. The van der Waals surface area contributed by atoms with Crippen LogP contribution in [0.2, 0.25) is 0 Å². The minimum atomic E-state index is 0.620. The zero-order valence-electron chi connectivity index (χ0n) is 11.5. The number of nitrogens with zero attached hydrogens (tertiary/aromatic N) is 3. The summed E-state index contributed by atoms with van der Waals surface area (Å²) in [5.41, 5.74) is 8.15. The van der Waals surface area contributed by atoms with Gasteiger partial charge in [0.25, 0.3) is 0 Å². The summed E-state index contributed by atoms with van der Waals surface area (Å²) in [5.74, 6) is 1.84. The van der Waals surface area contributed by atoms with Crippen LogP contribution < -0.4 is 5.73 Å². The van der Waals surface area contributed by atoms with E-state index < -0.39 is 0 Å². The molecule has 0 amide bonds. The van der Waals surface area contributed by atoms with Crippen LogP contribution in [0.15, 0.2) is 28.3 Å². The van der Waals surface area contributed by atoms with Gasteiger partial charge in [0.15, 0.2) is 5.16 Å². The topological polar surface area (TPSA) is 56.7 Å². The maximum Gasteiger partial charge on any atom is 0.196 e. The van der Waals surface area contributed by atoms with Crippen molar-refractivity contribution in [3.8, 4) is 0 Å². The number of hydrogen-bond acceptors (Lipinski definition) is 4. The molecule has 20 heavy (non-hydrogen) atoms. The van der Waals surface area contributed by atoms with Gasteiger partial charge in [0.05, 0.1) is 0 Å². The van der Waals surface area contributed by atoms with Crippen molar-refractivity contribution in [2.24, 2.45) is 0 Å². The zero-order valence-corrected chi connectivity index (χ0v) is 12.4. The Morgan fingerprint density at radius 1 is 1.20 bits per heavy atom. The van der Waals surface area contributed by atoms with Gasteiger partial charge in [-0.15, -0.1) is 10.2 Å². The van der Waals surface area contributed by atoms with Crippen molar-refractivity contribution in [3.63, 3.8) is 0 Å². The lowest BCUT2D eigenvalue weighted by atomic mass is 10.2. The first-order chi connectivity index (χ1) is 9.74. The second-order valence-corrected chi connectivity index (χ2v) is 6.81. The monoisotopic (exact) mass is 286 g/mol. The van der Waals surface area contributed by atoms with Gasteiger partial charge in [-0.1, -0.05) is 12.1 Å². The van der Waals surface area contributed by atoms with E-state index >= 15 is 0 Å². The van der Waals surface area contributed by atoms with Crippen LogP contribution in [0.1, 0.15) is 49.0 Å². The Hall–Kier alpha value is -1.49. The SMILES string of the molecule is Cc1cccc(Sc2nnc(C3CC3)n2C2CC2)c1N. The second kappa shape index (κ2) is 4.52. The Morgan fingerprint density at radius 2 is 2.00 bits per heavy atom. The van der Waals surface area contributed by atoms with Gasteiger partial charge in [0.1, 0.15) is 5.82 Å². The number of para-hydroxylation sites is 1. The van der Waals surface area contributed by atoms with Gasteiger partial charge < -0.3 is 10.3 Å². The number of benzene rings is 1. The van der Waals surface area contributed by atoms with Crippen LogP contribution in [-0.2, 0) is 0 Å². The molecule has 0 saturated heterocycles. The molecule has 0 aliphatic heterocycles. The summed E-state index contributed by atoms with van der Waals surface area (Å²) in [6, 6.07) is 6.78. The molecule has 2 fully saturated rings. The molecule has 0 unspecified atom stereocenters. The quantitative estimate of drug-likeness (QED) is 0.874. The fourth-order valence-electron chi connectivity index (χ4n) is 2.49. The molecular weight excluding hydrogens is 268 g/mol. The maximum absolute atomic E-state index is 6.17. The van der Waals surface area contributed by atoms with E-state index in [0.717, 1.165) is 21.3 Å². The molecule has 5 heteroatoms. The molecule has 4 rings (SSSR count). The molecule has 1 aromatic heterocycles. The van der Waals surface area contributed by atoms with Crippen molar-refractivity contribution >= 4 is 17.4 Å². The first-order valence-electron chi connectivity index (χ1n) is 7.22. The fourth-order valence-corrected chi connectivity index (χ4v) is 3.53. The van der Waals surface area contributed by atoms with E-state index in [1.165, 1.54) is 31.5 Å².